The molecule has 4 aromatic rings. The molecule has 0 saturated heterocycles. The van der Waals surface area contributed by atoms with E-state index in [2.05, 4.69) is 0 Å². The number of rotatable bonds is 4. The third kappa shape index (κ3) is 3.45. The van der Waals surface area contributed by atoms with E-state index in [0.717, 1.165) is 16.8 Å². The Morgan fingerprint density at radius 2 is 1.32 bits per heavy atom. The van der Waals surface area contributed by atoms with Crippen molar-refractivity contribution >= 4 is 21.6 Å². The molecule has 0 unspecified atom stereocenters. The average Bonchev–Trinajstić information content (AvgIpc) is 3.06. The summed E-state index contributed by atoms with van der Waals surface area (Å²) in [5.74, 6) is 0. The molecule has 0 spiro atoms. The Kier molecular flexibility index (Phi) is 4.77. The number of halogens is 1. The summed E-state index contributed by atoms with van der Waals surface area (Å²) in [6, 6.07) is 25.6. The smallest absolute Gasteiger partial charge is 0.231 e. The Bertz CT molecular complexity index is 1220. The predicted molar refractivity (Wildman–Crippen MR) is 111 cm³/mol. The second-order valence-electron chi connectivity index (χ2n) is 6.19. The molecule has 0 aliphatic rings. The van der Waals surface area contributed by atoms with Crippen molar-refractivity contribution in [3.05, 3.63) is 90.0 Å². The van der Waals surface area contributed by atoms with E-state index in [1.165, 1.54) is 12.1 Å². The van der Waals surface area contributed by atoms with Gasteiger partial charge in [0.25, 0.3) is 0 Å². The maximum absolute atomic E-state index is 11.5. The van der Waals surface area contributed by atoms with E-state index in [1.807, 2.05) is 60.7 Å². The number of nitrogens with two attached hydrogens (primary N) is 1. The summed E-state index contributed by atoms with van der Waals surface area (Å²) >= 11 is 6.75. The lowest BCUT2D eigenvalue weighted by Gasteiger charge is -2.09. The molecular formula is C21H16ClN3O2S. The number of hydrogen-bond acceptors (Lipinski definition) is 3. The quantitative estimate of drug-likeness (QED) is 0.538. The Balaban J connectivity index is 1.93. The molecule has 5 nitrogen and oxygen atoms in total. The molecule has 140 valence electrons. The van der Waals surface area contributed by atoms with Crippen molar-refractivity contribution in [2.75, 3.05) is 0 Å². The Labute approximate surface area is 168 Å². The molecule has 1 aromatic heterocycles. The van der Waals surface area contributed by atoms with E-state index in [-0.39, 0.29) is 4.90 Å². The highest BCUT2D eigenvalue weighted by atomic mass is 35.5. The molecule has 0 saturated carbocycles. The van der Waals surface area contributed by atoms with E-state index >= 15 is 0 Å². The first kappa shape index (κ1) is 18.4. The maximum atomic E-state index is 11.5. The van der Waals surface area contributed by atoms with Crippen LogP contribution in [0.15, 0.2) is 89.8 Å². The van der Waals surface area contributed by atoms with Gasteiger partial charge in [0.05, 0.1) is 21.3 Å². The number of nitrogens with zero attached hydrogens (tertiary/aromatic N) is 2. The van der Waals surface area contributed by atoms with Crippen molar-refractivity contribution in [2.45, 2.75) is 4.90 Å². The molecule has 28 heavy (non-hydrogen) atoms. The number of benzene rings is 3. The molecular weight excluding hydrogens is 394 g/mol. The monoisotopic (exact) mass is 409 g/mol. The topological polar surface area (TPSA) is 78.0 Å². The van der Waals surface area contributed by atoms with Gasteiger partial charge < -0.3 is 0 Å². The van der Waals surface area contributed by atoms with Crippen LogP contribution in [0, 0.1) is 0 Å². The van der Waals surface area contributed by atoms with E-state index < -0.39 is 10.0 Å². The van der Waals surface area contributed by atoms with Crippen molar-refractivity contribution in [1.82, 2.24) is 9.78 Å². The zero-order chi connectivity index (χ0) is 19.7. The second-order valence-corrected chi connectivity index (χ2v) is 8.13. The summed E-state index contributed by atoms with van der Waals surface area (Å²) in [7, 11) is -3.77. The van der Waals surface area contributed by atoms with Crippen molar-refractivity contribution in [3.8, 4) is 28.2 Å². The van der Waals surface area contributed by atoms with Crippen LogP contribution in [-0.2, 0) is 10.0 Å². The Morgan fingerprint density at radius 3 is 1.86 bits per heavy atom. The van der Waals surface area contributed by atoms with Crippen LogP contribution in [0.5, 0.6) is 0 Å². The van der Waals surface area contributed by atoms with Gasteiger partial charge in [-0.05, 0) is 24.3 Å². The van der Waals surface area contributed by atoms with Crippen molar-refractivity contribution in [1.29, 1.82) is 0 Å². The highest BCUT2D eigenvalue weighted by Crippen LogP contribution is 2.37. The first-order valence-corrected chi connectivity index (χ1v) is 10.4. The van der Waals surface area contributed by atoms with E-state index in [9.17, 15) is 8.42 Å². The van der Waals surface area contributed by atoms with Crippen molar-refractivity contribution < 1.29 is 8.42 Å². The lowest BCUT2D eigenvalue weighted by molar-refractivity contribution is 0.598. The molecule has 0 bridgehead atoms. The molecule has 4 rings (SSSR count). The third-order valence-corrected chi connectivity index (χ3v) is 5.62. The molecule has 0 radical (unpaired) electrons. The van der Waals surface area contributed by atoms with Gasteiger partial charge in [-0.15, -0.1) is 0 Å². The van der Waals surface area contributed by atoms with Crippen LogP contribution in [0.25, 0.3) is 28.2 Å². The van der Waals surface area contributed by atoms with Gasteiger partial charge in [0, 0.05) is 11.1 Å². The molecule has 2 N–H and O–H groups in total. The maximum Gasteiger partial charge on any atom is 0.238 e. The first-order chi connectivity index (χ1) is 13.4. The van der Waals surface area contributed by atoms with Gasteiger partial charge in [0.15, 0.2) is 0 Å². The van der Waals surface area contributed by atoms with E-state index in [0.29, 0.717) is 16.4 Å². The minimum absolute atomic E-state index is 0.0408. The summed E-state index contributed by atoms with van der Waals surface area (Å²) in [4.78, 5) is 0.0408. The van der Waals surface area contributed by atoms with E-state index in [1.54, 1.807) is 16.8 Å². The van der Waals surface area contributed by atoms with Crippen LogP contribution in [0.4, 0.5) is 0 Å². The fraction of sp³-hybridized carbons (Fsp3) is 0. The highest BCUT2D eigenvalue weighted by molar-refractivity contribution is 7.89. The molecule has 0 aliphatic carbocycles. The van der Waals surface area contributed by atoms with Crippen LogP contribution in [0.2, 0.25) is 5.02 Å². The lowest BCUT2D eigenvalue weighted by atomic mass is 10.1. The third-order valence-electron chi connectivity index (χ3n) is 4.33. The second kappa shape index (κ2) is 7.24. The van der Waals surface area contributed by atoms with Crippen LogP contribution in [-0.4, -0.2) is 18.2 Å². The van der Waals surface area contributed by atoms with Crippen LogP contribution >= 0.6 is 11.6 Å². The summed E-state index contributed by atoms with van der Waals surface area (Å²) in [6.45, 7) is 0. The van der Waals surface area contributed by atoms with Gasteiger partial charge in [-0.2, -0.15) is 5.10 Å². The predicted octanol–water partition coefficient (Wildman–Crippen LogP) is 4.51. The Morgan fingerprint density at radius 1 is 0.786 bits per heavy atom. The summed E-state index contributed by atoms with van der Waals surface area (Å²) in [5.41, 5.74) is 3.85. The van der Waals surface area contributed by atoms with Crippen LogP contribution in [0.1, 0.15) is 0 Å². The normalized spacial score (nSPS) is 11.5. The number of primary sulfonamides is 1. The van der Waals surface area contributed by atoms with Crippen LogP contribution < -0.4 is 5.14 Å². The van der Waals surface area contributed by atoms with Gasteiger partial charge >= 0.3 is 0 Å². The SMILES string of the molecule is NS(=O)(=O)c1ccc(-n2nc(-c3ccccc3)c(Cl)c2-c2ccccc2)cc1. The van der Waals surface area contributed by atoms with Gasteiger partial charge in [0.2, 0.25) is 10.0 Å². The zero-order valence-corrected chi connectivity index (χ0v) is 16.2. The number of aromatic nitrogens is 2. The van der Waals surface area contributed by atoms with Crippen LogP contribution in [0.3, 0.4) is 0 Å². The average molecular weight is 410 g/mol. The largest absolute Gasteiger partial charge is 0.238 e. The fourth-order valence-electron chi connectivity index (χ4n) is 2.99. The standard InChI is InChI=1S/C21H16ClN3O2S/c22-19-20(15-7-3-1-4-8-15)24-25(21(19)16-9-5-2-6-10-16)17-11-13-18(14-12-17)28(23,26)27/h1-14H,(H2,23,26,27). The fourth-order valence-corrected chi connectivity index (χ4v) is 3.84. The van der Waals surface area contributed by atoms with Crippen molar-refractivity contribution in [3.63, 3.8) is 0 Å². The van der Waals surface area contributed by atoms with Gasteiger partial charge in [-0.1, -0.05) is 72.3 Å². The lowest BCUT2D eigenvalue weighted by Crippen LogP contribution is -2.12. The molecule has 0 amide bonds. The van der Waals surface area contributed by atoms with Gasteiger partial charge in [-0.3, -0.25) is 0 Å². The minimum Gasteiger partial charge on any atom is -0.231 e. The highest BCUT2D eigenvalue weighted by Gasteiger charge is 2.20. The summed E-state index contributed by atoms with van der Waals surface area (Å²) in [5, 5.41) is 10.4. The van der Waals surface area contributed by atoms with Gasteiger partial charge in [-0.25, -0.2) is 18.2 Å². The minimum atomic E-state index is -3.77. The summed E-state index contributed by atoms with van der Waals surface area (Å²) in [6.07, 6.45) is 0. The molecule has 0 atom stereocenters. The van der Waals surface area contributed by atoms with Gasteiger partial charge in [0.1, 0.15) is 5.69 Å². The number of sulfonamides is 1. The molecule has 3 aromatic carbocycles. The number of hydrogen-bond donors (Lipinski definition) is 1. The van der Waals surface area contributed by atoms with E-state index in [4.69, 9.17) is 21.8 Å². The molecule has 0 aliphatic heterocycles. The molecule has 0 fully saturated rings. The first-order valence-electron chi connectivity index (χ1n) is 8.48. The summed E-state index contributed by atoms with van der Waals surface area (Å²) < 4.78 is 24.8. The molecule has 1 heterocycles. The zero-order valence-electron chi connectivity index (χ0n) is 14.7. The molecule has 7 heteroatoms. The van der Waals surface area contributed by atoms with Crippen molar-refractivity contribution in [2.24, 2.45) is 5.14 Å². The Hall–Kier alpha value is -2.93.